The quantitative estimate of drug-likeness (QED) is 0.475. The first-order chi connectivity index (χ1) is 14.8. The summed E-state index contributed by atoms with van der Waals surface area (Å²) in [5.41, 5.74) is 3.18. The fraction of sp³-hybridized carbons (Fsp3) is 0.261. The summed E-state index contributed by atoms with van der Waals surface area (Å²) in [4.78, 5) is 29.0. The first-order valence-electron chi connectivity index (χ1n) is 9.69. The summed E-state index contributed by atoms with van der Waals surface area (Å²) in [5, 5.41) is 5.78. The molecule has 0 aliphatic heterocycles. The number of ether oxygens (including phenoxy) is 2. The van der Waals surface area contributed by atoms with Gasteiger partial charge in [0.1, 0.15) is 17.4 Å². The number of thiazole rings is 1. The van der Waals surface area contributed by atoms with Crippen LogP contribution in [0.5, 0.6) is 5.75 Å². The molecule has 0 aliphatic rings. The minimum Gasteiger partial charge on any atom is -0.486 e. The maximum absolute atomic E-state index is 12.3. The molecule has 8 heteroatoms. The third-order valence-corrected chi connectivity index (χ3v) is 5.55. The van der Waals surface area contributed by atoms with E-state index in [-0.39, 0.29) is 6.42 Å². The van der Waals surface area contributed by atoms with E-state index in [2.05, 4.69) is 10.3 Å². The van der Waals surface area contributed by atoms with E-state index in [1.807, 2.05) is 38.1 Å². The highest BCUT2D eigenvalue weighted by Crippen LogP contribution is 2.21. The number of esters is 1. The standard InChI is InChI=1S/C23H23ClN2O4S/c1-14-4-8-19(9-5-14)29-12-21-25-18(13-31-21)11-22(27)30-16(3)23(28)26-20-10-17(24)7-6-15(20)2/h4-10,13,16H,11-12H2,1-3H3,(H,26,28). The Labute approximate surface area is 190 Å². The molecule has 31 heavy (non-hydrogen) atoms. The van der Waals surface area contributed by atoms with Crippen LogP contribution in [0.25, 0.3) is 0 Å². The highest BCUT2D eigenvalue weighted by atomic mass is 35.5. The smallest absolute Gasteiger partial charge is 0.312 e. The summed E-state index contributed by atoms with van der Waals surface area (Å²) in [6.45, 7) is 5.71. The molecule has 1 atom stereocenters. The summed E-state index contributed by atoms with van der Waals surface area (Å²) >= 11 is 7.38. The van der Waals surface area contributed by atoms with Crippen LogP contribution in [0.4, 0.5) is 5.69 Å². The number of hydrogen-bond donors (Lipinski definition) is 1. The molecule has 0 aliphatic carbocycles. The summed E-state index contributed by atoms with van der Waals surface area (Å²) in [6, 6.07) is 12.9. The molecule has 1 amide bonds. The van der Waals surface area contributed by atoms with E-state index < -0.39 is 18.0 Å². The zero-order valence-corrected chi connectivity index (χ0v) is 19.0. The van der Waals surface area contributed by atoms with Crippen LogP contribution in [0.15, 0.2) is 47.8 Å². The van der Waals surface area contributed by atoms with Crippen molar-refractivity contribution in [2.75, 3.05) is 5.32 Å². The largest absolute Gasteiger partial charge is 0.486 e. The molecule has 0 bridgehead atoms. The Balaban J connectivity index is 1.48. The van der Waals surface area contributed by atoms with Crippen molar-refractivity contribution in [3.05, 3.63) is 74.7 Å². The van der Waals surface area contributed by atoms with Gasteiger partial charge >= 0.3 is 5.97 Å². The summed E-state index contributed by atoms with van der Waals surface area (Å²) in [6.07, 6.45) is -0.969. The second kappa shape index (κ2) is 10.4. The predicted molar refractivity (Wildman–Crippen MR) is 122 cm³/mol. The van der Waals surface area contributed by atoms with Crippen LogP contribution in [0, 0.1) is 13.8 Å². The molecule has 1 heterocycles. The van der Waals surface area contributed by atoms with Crippen LogP contribution in [0.1, 0.15) is 28.8 Å². The molecular formula is C23H23ClN2O4S. The Bertz CT molecular complexity index is 1070. The molecule has 6 nitrogen and oxygen atoms in total. The average molecular weight is 459 g/mol. The van der Waals surface area contributed by atoms with Gasteiger partial charge in [-0.1, -0.05) is 35.4 Å². The van der Waals surface area contributed by atoms with E-state index in [4.69, 9.17) is 21.1 Å². The number of halogens is 1. The Hall–Kier alpha value is -2.90. The number of aromatic nitrogens is 1. The second-order valence-corrected chi connectivity index (χ2v) is 8.47. The lowest BCUT2D eigenvalue weighted by molar-refractivity contribution is -0.152. The van der Waals surface area contributed by atoms with E-state index in [1.54, 1.807) is 23.6 Å². The molecule has 2 aromatic carbocycles. The Morgan fingerprint density at radius 1 is 1.16 bits per heavy atom. The fourth-order valence-corrected chi connectivity index (χ4v) is 3.56. The fourth-order valence-electron chi connectivity index (χ4n) is 2.68. The van der Waals surface area contributed by atoms with Crippen LogP contribution in [-0.4, -0.2) is 23.0 Å². The van der Waals surface area contributed by atoms with Crippen LogP contribution in [-0.2, 0) is 27.4 Å². The van der Waals surface area contributed by atoms with Crippen molar-refractivity contribution in [1.29, 1.82) is 0 Å². The molecule has 0 radical (unpaired) electrons. The SMILES string of the molecule is Cc1ccc(OCc2nc(CC(=O)OC(C)C(=O)Nc3cc(Cl)ccc3C)cs2)cc1. The number of aryl methyl sites for hydroxylation is 2. The van der Waals surface area contributed by atoms with Crippen molar-refractivity contribution < 1.29 is 19.1 Å². The van der Waals surface area contributed by atoms with E-state index in [1.165, 1.54) is 18.3 Å². The minimum atomic E-state index is -0.950. The van der Waals surface area contributed by atoms with Crippen molar-refractivity contribution >= 4 is 40.5 Å². The number of benzene rings is 2. The van der Waals surface area contributed by atoms with Gasteiger partial charge in [0.25, 0.3) is 5.91 Å². The lowest BCUT2D eigenvalue weighted by Gasteiger charge is -2.14. The maximum Gasteiger partial charge on any atom is 0.312 e. The van der Waals surface area contributed by atoms with Crippen molar-refractivity contribution in [2.24, 2.45) is 0 Å². The summed E-state index contributed by atoms with van der Waals surface area (Å²) in [7, 11) is 0. The van der Waals surface area contributed by atoms with E-state index in [9.17, 15) is 9.59 Å². The monoisotopic (exact) mass is 458 g/mol. The van der Waals surface area contributed by atoms with Gasteiger partial charge < -0.3 is 14.8 Å². The van der Waals surface area contributed by atoms with E-state index in [0.717, 1.165) is 21.9 Å². The lowest BCUT2D eigenvalue weighted by Crippen LogP contribution is -2.30. The van der Waals surface area contributed by atoms with Crippen LogP contribution < -0.4 is 10.1 Å². The summed E-state index contributed by atoms with van der Waals surface area (Å²) < 4.78 is 11.0. The minimum absolute atomic E-state index is 0.0190. The van der Waals surface area contributed by atoms with Crippen molar-refractivity contribution in [3.8, 4) is 5.75 Å². The number of hydrogen-bond acceptors (Lipinski definition) is 6. The van der Waals surface area contributed by atoms with Gasteiger partial charge in [-0.25, -0.2) is 4.98 Å². The molecule has 162 valence electrons. The zero-order chi connectivity index (χ0) is 22.4. The molecule has 0 saturated carbocycles. The van der Waals surface area contributed by atoms with Crippen molar-refractivity contribution in [1.82, 2.24) is 4.98 Å². The highest BCUT2D eigenvalue weighted by Gasteiger charge is 2.19. The number of carbonyl (C=O) groups excluding carboxylic acids is 2. The van der Waals surface area contributed by atoms with E-state index >= 15 is 0 Å². The Morgan fingerprint density at radius 2 is 1.90 bits per heavy atom. The highest BCUT2D eigenvalue weighted by molar-refractivity contribution is 7.09. The van der Waals surface area contributed by atoms with Crippen LogP contribution >= 0.6 is 22.9 Å². The molecule has 0 saturated heterocycles. The first-order valence-corrected chi connectivity index (χ1v) is 10.9. The molecule has 0 fully saturated rings. The normalized spacial score (nSPS) is 11.6. The molecular weight excluding hydrogens is 436 g/mol. The van der Waals surface area contributed by atoms with Gasteiger partial charge in [-0.2, -0.15) is 0 Å². The van der Waals surface area contributed by atoms with Crippen LogP contribution in [0.2, 0.25) is 5.02 Å². The van der Waals surface area contributed by atoms with Gasteiger partial charge in [0.05, 0.1) is 12.1 Å². The molecule has 1 N–H and O–H groups in total. The van der Waals surface area contributed by atoms with Gasteiger partial charge in [-0.15, -0.1) is 11.3 Å². The second-order valence-electron chi connectivity index (χ2n) is 7.09. The number of carbonyl (C=O) groups is 2. The lowest BCUT2D eigenvalue weighted by atomic mass is 10.2. The van der Waals surface area contributed by atoms with E-state index in [0.29, 0.717) is 23.0 Å². The van der Waals surface area contributed by atoms with Gasteiger partial charge in [0.2, 0.25) is 0 Å². The number of nitrogens with one attached hydrogen (secondary N) is 1. The number of nitrogens with zero attached hydrogens (tertiary/aromatic N) is 1. The number of anilines is 1. The van der Waals surface area contributed by atoms with Gasteiger partial charge in [-0.05, 0) is 50.6 Å². The predicted octanol–water partition coefficient (Wildman–Crippen LogP) is 5.11. The Morgan fingerprint density at radius 3 is 2.65 bits per heavy atom. The molecule has 0 spiro atoms. The van der Waals surface area contributed by atoms with Gasteiger partial charge in [-0.3, -0.25) is 9.59 Å². The summed E-state index contributed by atoms with van der Waals surface area (Å²) in [5.74, 6) is -0.192. The third-order valence-electron chi connectivity index (χ3n) is 4.44. The molecule has 1 aromatic heterocycles. The average Bonchev–Trinajstić information content (AvgIpc) is 3.17. The van der Waals surface area contributed by atoms with Crippen LogP contribution in [0.3, 0.4) is 0 Å². The zero-order valence-electron chi connectivity index (χ0n) is 17.5. The third kappa shape index (κ3) is 6.80. The molecule has 3 aromatic rings. The molecule has 1 unspecified atom stereocenters. The van der Waals surface area contributed by atoms with Crippen molar-refractivity contribution in [3.63, 3.8) is 0 Å². The van der Waals surface area contributed by atoms with Crippen molar-refractivity contribution in [2.45, 2.75) is 39.9 Å². The topological polar surface area (TPSA) is 77.5 Å². The van der Waals surface area contributed by atoms with Gasteiger partial charge in [0, 0.05) is 16.1 Å². The Kier molecular flexibility index (Phi) is 7.65. The number of amides is 1. The maximum atomic E-state index is 12.3. The van der Waals surface area contributed by atoms with Gasteiger partial charge in [0.15, 0.2) is 6.10 Å². The molecule has 3 rings (SSSR count). The first kappa shape index (κ1) is 22.8. The number of rotatable bonds is 8.